The summed E-state index contributed by atoms with van der Waals surface area (Å²) in [7, 11) is 0. The Bertz CT molecular complexity index is 1240. The van der Waals surface area contributed by atoms with Gasteiger partial charge in [-0.05, 0) is 24.8 Å². The van der Waals surface area contributed by atoms with Crippen LogP contribution in [0.2, 0.25) is 0 Å². The summed E-state index contributed by atoms with van der Waals surface area (Å²) in [6.07, 6.45) is 10.7. The summed E-state index contributed by atoms with van der Waals surface area (Å²) in [4.78, 5) is 28.3. The Morgan fingerprint density at radius 2 is 2.03 bits per heavy atom. The fourth-order valence-electron chi connectivity index (χ4n) is 3.67. The molecule has 0 saturated carbocycles. The van der Waals surface area contributed by atoms with Crippen molar-refractivity contribution >= 4 is 11.8 Å². The predicted molar refractivity (Wildman–Crippen MR) is 113 cm³/mol. The molecule has 0 bridgehead atoms. The molecule has 1 aliphatic heterocycles. The molecule has 0 radical (unpaired) electrons. The molecular weight excluding hydrogens is 394 g/mol. The second kappa shape index (κ2) is 8.06. The second-order valence-corrected chi connectivity index (χ2v) is 7.25. The van der Waals surface area contributed by atoms with Gasteiger partial charge in [-0.25, -0.2) is 9.97 Å². The van der Waals surface area contributed by atoms with E-state index in [0.29, 0.717) is 23.8 Å². The number of fused-ring (bicyclic) bond motifs is 1. The molecule has 1 fully saturated rings. The van der Waals surface area contributed by atoms with Crippen LogP contribution >= 0.6 is 0 Å². The number of aromatic nitrogens is 4. The number of aryl methyl sites for hydroxylation is 1. The van der Waals surface area contributed by atoms with Gasteiger partial charge < -0.3 is 14.1 Å². The molecule has 0 N–H and O–H groups in total. The molecule has 0 unspecified atom stereocenters. The minimum absolute atomic E-state index is 0.151. The van der Waals surface area contributed by atoms with Crippen LogP contribution in [-0.2, 0) is 6.42 Å². The van der Waals surface area contributed by atoms with E-state index in [0.717, 1.165) is 36.1 Å². The van der Waals surface area contributed by atoms with Gasteiger partial charge >= 0.3 is 11.9 Å². The highest BCUT2D eigenvalue weighted by molar-refractivity contribution is 6.00. The van der Waals surface area contributed by atoms with Crippen molar-refractivity contribution in [2.75, 3.05) is 6.54 Å². The van der Waals surface area contributed by atoms with E-state index < -0.39 is 0 Å². The van der Waals surface area contributed by atoms with Crippen LogP contribution in [0.5, 0.6) is 6.01 Å². The average molecular weight is 415 g/mol. The van der Waals surface area contributed by atoms with Crippen LogP contribution in [0.25, 0.3) is 17.1 Å². The monoisotopic (exact) mass is 415 g/mol. The average Bonchev–Trinajstić information content (AvgIpc) is 3.54. The molecule has 156 valence electrons. The molecule has 4 heterocycles. The van der Waals surface area contributed by atoms with Crippen LogP contribution in [0.4, 0.5) is 0 Å². The zero-order valence-corrected chi connectivity index (χ0v) is 17.1. The first-order chi connectivity index (χ1) is 15.2. The SMILES string of the molecule is CCc1cnc(O/C=C2\CCCN2C(=O)c2c(-c3ccccc3)nc3occn23)nc1. The van der Waals surface area contributed by atoms with Crippen LogP contribution < -0.4 is 4.74 Å². The smallest absolute Gasteiger partial charge is 0.321 e. The zero-order chi connectivity index (χ0) is 21.2. The molecule has 3 aromatic heterocycles. The Balaban J connectivity index is 1.46. The first-order valence-corrected chi connectivity index (χ1v) is 10.2. The number of carbonyl (C=O) groups excluding carboxylic acids is 1. The Hall–Kier alpha value is -3.94. The number of amides is 1. The van der Waals surface area contributed by atoms with Crippen LogP contribution in [-0.4, -0.2) is 36.7 Å². The van der Waals surface area contributed by atoms with E-state index in [4.69, 9.17) is 9.15 Å². The van der Waals surface area contributed by atoms with Gasteiger partial charge in [-0.1, -0.05) is 37.3 Å². The Morgan fingerprint density at radius 1 is 1.23 bits per heavy atom. The van der Waals surface area contributed by atoms with Gasteiger partial charge in [-0.3, -0.25) is 9.20 Å². The van der Waals surface area contributed by atoms with E-state index in [1.165, 1.54) is 6.26 Å². The van der Waals surface area contributed by atoms with E-state index in [9.17, 15) is 4.79 Å². The van der Waals surface area contributed by atoms with E-state index in [1.807, 2.05) is 37.3 Å². The number of likely N-dealkylation sites (tertiary alicyclic amines) is 1. The maximum atomic E-state index is 13.6. The van der Waals surface area contributed by atoms with E-state index in [-0.39, 0.29) is 11.9 Å². The molecule has 5 rings (SSSR count). The number of benzene rings is 1. The fraction of sp³-hybridized carbons (Fsp3) is 0.217. The van der Waals surface area contributed by atoms with Crippen LogP contribution in [0.1, 0.15) is 35.8 Å². The molecule has 1 aliphatic rings. The molecule has 0 aliphatic carbocycles. The van der Waals surface area contributed by atoms with Crippen molar-refractivity contribution in [1.82, 2.24) is 24.3 Å². The number of carbonyl (C=O) groups is 1. The van der Waals surface area contributed by atoms with Gasteiger partial charge in [0.25, 0.3) is 5.91 Å². The zero-order valence-electron chi connectivity index (χ0n) is 17.1. The minimum Gasteiger partial charge on any atom is -0.432 e. The van der Waals surface area contributed by atoms with Crippen molar-refractivity contribution in [2.24, 2.45) is 0 Å². The number of oxazole rings is 1. The summed E-state index contributed by atoms with van der Waals surface area (Å²) >= 11 is 0. The number of nitrogens with zero attached hydrogens (tertiary/aromatic N) is 5. The molecule has 1 saturated heterocycles. The van der Waals surface area contributed by atoms with Crippen molar-refractivity contribution in [2.45, 2.75) is 26.2 Å². The van der Waals surface area contributed by atoms with Crippen molar-refractivity contribution in [3.63, 3.8) is 0 Å². The van der Waals surface area contributed by atoms with Crippen molar-refractivity contribution in [3.05, 3.63) is 78.4 Å². The van der Waals surface area contributed by atoms with Gasteiger partial charge in [0.15, 0.2) is 0 Å². The summed E-state index contributed by atoms with van der Waals surface area (Å²) in [5, 5.41) is 0. The Labute approximate surface area is 178 Å². The lowest BCUT2D eigenvalue weighted by Gasteiger charge is -2.18. The minimum atomic E-state index is -0.151. The summed E-state index contributed by atoms with van der Waals surface area (Å²) in [5.74, 6) is 0.231. The van der Waals surface area contributed by atoms with Gasteiger partial charge in [0, 0.05) is 30.7 Å². The third kappa shape index (κ3) is 3.56. The highest BCUT2D eigenvalue weighted by Crippen LogP contribution is 2.30. The van der Waals surface area contributed by atoms with E-state index in [1.54, 1.807) is 34.2 Å². The molecule has 1 amide bonds. The number of allylic oxidation sites excluding steroid dienone is 1. The highest BCUT2D eigenvalue weighted by atomic mass is 16.5. The standard InChI is InChI=1S/C23H21N5O3/c1-2-16-13-24-22(25-14-16)31-15-18-9-6-10-27(18)21(29)20-19(17-7-4-3-5-8-17)26-23-28(20)11-12-30-23/h3-5,7-8,11-15H,2,6,9-10H2,1H3/b18-15+. The van der Waals surface area contributed by atoms with Gasteiger partial charge in [0.2, 0.25) is 0 Å². The third-order valence-corrected chi connectivity index (χ3v) is 5.31. The molecule has 0 atom stereocenters. The van der Waals surface area contributed by atoms with Crippen molar-refractivity contribution in [1.29, 1.82) is 0 Å². The van der Waals surface area contributed by atoms with Crippen molar-refractivity contribution in [3.8, 4) is 17.3 Å². The summed E-state index contributed by atoms with van der Waals surface area (Å²) < 4.78 is 12.8. The Kier molecular flexibility index (Phi) is 4.95. The largest absolute Gasteiger partial charge is 0.432 e. The normalized spacial score (nSPS) is 15.1. The second-order valence-electron chi connectivity index (χ2n) is 7.25. The highest BCUT2D eigenvalue weighted by Gasteiger charge is 2.31. The van der Waals surface area contributed by atoms with Crippen LogP contribution in [0.3, 0.4) is 0 Å². The number of ether oxygens (including phenoxy) is 1. The summed E-state index contributed by atoms with van der Waals surface area (Å²) in [6.45, 7) is 2.64. The molecule has 31 heavy (non-hydrogen) atoms. The number of rotatable bonds is 5. The Morgan fingerprint density at radius 3 is 2.81 bits per heavy atom. The molecular formula is C23H21N5O3. The molecule has 8 nitrogen and oxygen atoms in total. The third-order valence-electron chi connectivity index (χ3n) is 5.31. The molecule has 0 spiro atoms. The predicted octanol–water partition coefficient (Wildman–Crippen LogP) is 4.10. The van der Waals surface area contributed by atoms with E-state index in [2.05, 4.69) is 15.0 Å². The first kappa shape index (κ1) is 19.0. The maximum Gasteiger partial charge on any atom is 0.321 e. The first-order valence-electron chi connectivity index (χ1n) is 10.2. The topological polar surface area (TPSA) is 85.8 Å². The number of hydrogen-bond donors (Lipinski definition) is 0. The maximum absolute atomic E-state index is 13.6. The van der Waals surface area contributed by atoms with Gasteiger partial charge in [-0.2, -0.15) is 4.98 Å². The summed E-state index contributed by atoms with van der Waals surface area (Å²) in [6, 6.07) is 9.89. The number of imidazole rings is 1. The molecule has 1 aromatic carbocycles. The lowest BCUT2D eigenvalue weighted by Crippen LogP contribution is -2.28. The van der Waals surface area contributed by atoms with Crippen LogP contribution in [0.15, 0.2) is 71.6 Å². The van der Waals surface area contributed by atoms with Gasteiger partial charge in [-0.15, -0.1) is 0 Å². The summed E-state index contributed by atoms with van der Waals surface area (Å²) in [5.41, 5.74) is 3.73. The lowest BCUT2D eigenvalue weighted by molar-refractivity contribution is 0.0816. The lowest BCUT2D eigenvalue weighted by atomic mass is 10.1. The van der Waals surface area contributed by atoms with Gasteiger partial charge in [0.1, 0.15) is 23.9 Å². The fourth-order valence-corrected chi connectivity index (χ4v) is 3.67. The van der Waals surface area contributed by atoms with E-state index >= 15 is 0 Å². The van der Waals surface area contributed by atoms with Gasteiger partial charge in [0.05, 0.1) is 5.70 Å². The quantitative estimate of drug-likeness (QED) is 0.456. The van der Waals surface area contributed by atoms with Crippen molar-refractivity contribution < 1.29 is 13.9 Å². The number of hydrogen-bond acceptors (Lipinski definition) is 6. The molecule has 4 aromatic rings. The van der Waals surface area contributed by atoms with Crippen LogP contribution in [0, 0.1) is 0 Å². The molecule has 8 heteroatoms.